The maximum atomic E-state index is 13.2. The molecule has 1 aromatic heterocycles. The van der Waals surface area contributed by atoms with Crippen molar-refractivity contribution >= 4 is 16.8 Å². The number of aromatic nitrogens is 2. The zero-order valence-electron chi connectivity index (χ0n) is 18.4. The highest BCUT2D eigenvalue weighted by Gasteiger charge is 2.13. The Bertz CT molecular complexity index is 1180. The Labute approximate surface area is 186 Å². The summed E-state index contributed by atoms with van der Waals surface area (Å²) in [6, 6.07) is 11.8. The van der Waals surface area contributed by atoms with Crippen LogP contribution in [0, 0.1) is 6.92 Å². The summed E-state index contributed by atoms with van der Waals surface area (Å²) in [5, 5.41) is 12.7. The van der Waals surface area contributed by atoms with Crippen molar-refractivity contribution in [1.82, 2.24) is 14.9 Å². The van der Waals surface area contributed by atoms with Crippen LogP contribution in [0.4, 0.5) is 0 Å². The van der Waals surface area contributed by atoms with Gasteiger partial charge in [0.05, 0.1) is 29.3 Å². The standard InChI is InChI=1S/C24H27N3O5/c1-15(2)13-32-20-9-10-22-21(11-20)24(30)27(16(3)26-22)18-7-5-17(6-8-18)23(29)25-12-19(28)14-31-4/h5-11,19,28H,1,12-14H2,2-4H3,(H,25,29). The topological polar surface area (TPSA) is 103 Å². The Hall–Kier alpha value is -3.49. The van der Waals surface area contributed by atoms with Gasteiger partial charge in [0.25, 0.3) is 11.5 Å². The molecular formula is C24H27N3O5. The highest BCUT2D eigenvalue weighted by atomic mass is 16.5. The fraction of sp³-hybridized carbons (Fsp3) is 0.292. The molecule has 0 bridgehead atoms. The molecule has 0 fully saturated rings. The first-order chi connectivity index (χ1) is 15.3. The average Bonchev–Trinajstić information content (AvgIpc) is 2.77. The van der Waals surface area contributed by atoms with Gasteiger partial charge in [0.2, 0.25) is 0 Å². The number of carbonyl (C=O) groups is 1. The molecular weight excluding hydrogens is 410 g/mol. The number of hydrogen-bond donors (Lipinski definition) is 2. The molecule has 2 aromatic carbocycles. The van der Waals surface area contributed by atoms with Gasteiger partial charge in [0.1, 0.15) is 18.2 Å². The predicted octanol–water partition coefficient (Wildman–Crippen LogP) is 2.39. The van der Waals surface area contributed by atoms with Crippen molar-refractivity contribution in [2.75, 3.05) is 26.9 Å². The second-order valence-electron chi connectivity index (χ2n) is 7.59. The fourth-order valence-electron chi connectivity index (χ4n) is 3.20. The third kappa shape index (κ3) is 5.40. The van der Waals surface area contributed by atoms with Crippen molar-refractivity contribution in [2.45, 2.75) is 20.0 Å². The Morgan fingerprint density at radius 1 is 1.25 bits per heavy atom. The quantitative estimate of drug-likeness (QED) is 0.499. The van der Waals surface area contributed by atoms with Crippen LogP contribution in [0.25, 0.3) is 16.6 Å². The monoisotopic (exact) mass is 437 g/mol. The van der Waals surface area contributed by atoms with E-state index in [0.717, 1.165) is 5.57 Å². The number of aliphatic hydroxyl groups excluding tert-OH is 1. The number of aliphatic hydroxyl groups is 1. The van der Waals surface area contributed by atoms with E-state index in [1.165, 1.54) is 11.7 Å². The van der Waals surface area contributed by atoms with Crippen LogP contribution < -0.4 is 15.6 Å². The zero-order chi connectivity index (χ0) is 23.3. The van der Waals surface area contributed by atoms with E-state index in [2.05, 4.69) is 16.9 Å². The number of nitrogens with one attached hydrogen (secondary N) is 1. The molecule has 0 saturated heterocycles. The number of fused-ring (bicyclic) bond motifs is 1. The zero-order valence-corrected chi connectivity index (χ0v) is 18.4. The number of methoxy groups -OCH3 is 1. The van der Waals surface area contributed by atoms with E-state index in [4.69, 9.17) is 9.47 Å². The summed E-state index contributed by atoms with van der Waals surface area (Å²) in [7, 11) is 1.48. The molecule has 32 heavy (non-hydrogen) atoms. The van der Waals surface area contributed by atoms with Crippen LogP contribution in [0.1, 0.15) is 23.1 Å². The maximum absolute atomic E-state index is 13.2. The molecule has 0 aliphatic carbocycles. The fourth-order valence-corrected chi connectivity index (χ4v) is 3.20. The number of rotatable bonds is 9. The van der Waals surface area contributed by atoms with Crippen molar-refractivity contribution in [3.8, 4) is 11.4 Å². The highest BCUT2D eigenvalue weighted by molar-refractivity contribution is 5.94. The summed E-state index contributed by atoms with van der Waals surface area (Å²) in [4.78, 5) is 30.1. The third-order valence-electron chi connectivity index (χ3n) is 4.74. The summed E-state index contributed by atoms with van der Waals surface area (Å²) in [6.45, 7) is 8.02. The van der Waals surface area contributed by atoms with Crippen LogP contribution in [0.2, 0.25) is 0 Å². The van der Waals surface area contributed by atoms with Crippen molar-refractivity contribution in [2.24, 2.45) is 0 Å². The first-order valence-electron chi connectivity index (χ1n) is 10.2. The van der Waals surface area contributed by atoms with E-state index in [1.54, 1.807) is 49.4 Å². The molecule has 3 rings (SSSR count). The molecule has 0 radical (unpaired) electrons. The van der Waals surface area contributed by atoms with Gasteiger partial charge in [-0.25, -0.2) is 4.98 Å². The summed E-state index contributed by atoms with van der Waals surface area (Å²) in [6.07, 6.45) is -0.780. The van der Waals surface area contributed by atoms with Crippen LogP contribution >= 0.6 is 0 Å². The molecule has 8 heteroatoms. The first-order valence-corrected chi connectivity index (χ1v) is 10.2. The molecule has 0 saturated carbocycles. The lowest BCUT2D eigenvalue weighted by Gasteiger charge is -2.13. The number of carbonyl (C=O) groups excluding carboxylic acids is 1. The Balaban J connectivity index is 1.87. The van der Waals surface area contributed by atoms with Crippen molar-refractivity contribution in [1.29, 1.82) is 0 Å². The van der Waals surface area contributed by atoms with Gasteiger partial charge in [-0.05, 0) is 61.9 Å². The van der Waals surface area contributed by atoms with Crippen LogP contribution in [-0.4, -0.2) is 53.5 Å². The van der Waals surface area contributed by atoms with E-state index in [0.29, 0.717) is 40.3 Å². The largest absolute Gasteiger partial charge is 0.489 e. The number of amides is 1. The number of benzene rings is 2. The Kier molecular flexibility index (Phi) is 7.40. The third-order valence-corrected chi connectivity index (χ3v) is 4.74. The van der Waals surface area contributed by atoms with Gasteiger partial charge in [-0.2, -0.15) is 0 Å². The SMILES string of the molecule is C=C(C)COc1ccc2nc(C)n(-c3ccc(C(=O)NCC(O)COC)cc3)c(=O)c2c1. The lowest BCUT2D eigenvalue weighted by atomic mass is 10.1. The van der Waals surface area contributed by atoms with Gasteiger partial charge < -0.3 is 19.9 Å². The van der Waals surface area contributed by atoms with Crippen LogP contribution in [-0.2, 0) is 4.74 Å². The van der Waals surface area contributed by atoms with E-state index < -0.39 is 6.10 Å². The minimum Gasteiger partial charge on any atom is -0.489 e. The molecule has 0 spiro atoms. The van der Waals surface area contributed by atoms with Gasteiger partial charge in [-0.3, -0.25) is 14.2 Å². The lowest BCUT2D eigenvalue weighted by Crippen LogP contribution is -2.34. The van der Waals surface area contributed by atoms with Gasteiger partial charge >= 0.3 is 0 Å². The molecule has 0 aliphatic rings. The maximum Gasteiger partial charge on any atom is 0.266 e. The van der Waals surface area contributed by atoms with Gasteiger partial charge in [0, 0.05) is 19.2 Å². The molecule has 0 aliphatic heterocycles. The summed E-state index contributed by atoms with van der Waals surface area (Å²) >= 11 is 0. The molecule has 2 N–H and O–H groups in total. The van der Waals surface area contributed by atoms with E-state index in [1.807, 2.05) is 6.92 Å². The van der Waals surface area contributed by atoms with Crippen molar-refractivity contribution in [3.05, 3.63) is 76.4 Å². The molecule has 168 valence electrons. The number of hydrogen-bond acceptors (Lipinski definition) is 6. The number of nitrogens with zero attached hydrogens (tertiary/aromatic N) is 2. The van der Waals surface area contributed by atoms with Crippen LogP contribution in [0.15, 0.2) is 59.4 Å². The number of aryl methyl sites for hydroxylation is 1. The van der Waals surface area contributed by atoms with Crippen molar-refractivity contribution < 1.29 is 19.4 Å². The second kappa shape index (κ2) is 10.2. The lowest BCUT2D eigenvalue weighted by molar-refractivity contribution is 0.0610. The molecule has 1 unspecified atom stereocenters. The summed E-state index contributed by atoms with van der Waals surface area (Å²) in [5.41, 5.74) is 2.23. The molecule has 1 heterocycles. The van der Waals surface area contributed by atoms with E-state index in [-0.39, 0.29) is 24.6 Å². The Morgan fingerprint density at radius 3 is 2.62 bits per heavy atom. The first kappa shape index (κ1) is 23.2. The van der Waals surface area contributed by atoms with E-state index in [9.17, 15) is 14.7 Å². The Morgan fingerprint density at radius 2 is 1.97 bits per heavy atom. The van der Waals surface area contributed by atoms with Crippen LogP contribution in [0.3, 0.4) is 0 Å². The van der Waals surface area contributed by atoms with Gasteiger partial charge in [0.15, 0.2) is 0 Å². The van der Waals surface area contributed by atoms with Gasteiger partial charge in [-0.15, -0.1) is 0 Å². The number of ether oxygens (including phenoxy) is 2. The predicted molar refractivity (Wildman–Crippen MR) is 123 cm³/mol. The minimum atomic E-state index is -0.780. The molecule has 1 amide bonds. The second-order valence-corrected chi connectivity index (χ2v) is 7.59. The van der Waals surface area contributed by atoms with Gasteiger partial charge in [-0.1, -0.05) is 6.58 Å². The smallest absolute Gasteiger partial charge is 0.266 e. The molecule has 8 nitrogen and oxygen atoms in total. The average molecular weight is 437 g/mol. The summed E-state index contributed by atoms with van der Waals surface area (Å²) < 4.78 is 12.0. The van der Waals surface area contributed by atoms with Crippen molar-refractivity contribution in [3.63, 3.8) is 0 Å². The molecule has 1 atom stereocenters. The minimum absolute atomic E-state index is 0.0807. The van der Waals surface area contributed by atoms with E-state index >= 15 is 0 Å². The van der Waals surface area contributed by atoms with Crippen LogP contribution in [0.5, 0.6) is 5.75 Å². The summed E-state index contributed by atoms with van der Waals surface area (Å²) in [5.74, 6) is 0.766. The molecule has 3 aromatic rings. The highest BCUT2D eigenvalue weighted by Crippen LogP contribution is 2.19. The normalized spacial score (nSPS) is 11.9.